The molecule has 3 nitrogen and oxygen atoms in total. The second-order valence-corrected chi connectivity index (χ2v) is 8.30. The first-order valence-corrected chi connectivity index (χ1v) is 10.3. The molecular formula is C20H38N2O. The van der Waals surface area contributed by atoms with Gasteiger partial charge in [0.05, 0.1) is 6.10 Å². The minimum atomic E-state index is 0.499. The van der Waals surface area contributed by atoms with Crippen molar-refractivity contribution >= 4 is 0 Å². The minimum Gasteiger partial charge on any atom is -0.378 e. The molecule has 0 amide bonds. The average Bonchev–Trinajstić information content (AvgIpc) is 2.99. The van der Waals surface area contributed by atoms with Crippen LogP contribution in [0.1, 0.15) is 78.1 Å². The molecule has 0 aromatic heterocycles. The number of ether oxygens (including phenoxy) is 1. The Morgan fingerprint density at radius 2 is 2.00 bits per heavy atom. The zero-order valence-corrected chi connectivity index (χ0v) is 15.5. The third kappa shape index (κ3) is 4.29. The molecule has 1 saturated carbocycles. The summed E-state index contributed by atoms with van der Waals surface area (Å²) in [5, 5.41) is 3.53. The van der Waals surface area contributed by atoms with Crippen LogP contribution in [0.4, 0.5) is 0 Å². The predicted octanol–water partition coefficient (Wildman–Crippen LogP) is 3.97. The quantitative estimate of drug-likeness (QED) is 0.732. The van der Waals surface area contributed by atoms with Gasteiger partial charge < -0.3 is 10.1 Å². The third-order valence-electron chi connectivity index (χ3n) is 6.71. The van der Waals surface area contributed by atoms with Gasteiger partial charge in [0.2, 0.25) is 0 Å². The predicted molar refractivity (Wildman–Crippen MR) is 96.8 cm³/mol. The summed E-state index contributed by atoms with van der Waals surface area (Å²) in [5.74, 6) is 0. The average molecular weight is 323 g/mol. The molecule has 3 rings (SSSR count). The summed E-state index contributed by atoms with van der Waals surface area (Å²) in [7, 11) is 0. The monoisotopic (exact) mass is 322 g/mol. The smallest absolute Gasteiger partial charge is 0.0589 e. The zero-order valence-electron chi connectivity index (χ0n) is 15.5. The number of nitrogens with zero attached hydrogens (tertiary/aromatic N) is 1. The van der Waals surface area contributed by atoms with Gasteiger partial charge in [-0.2, -0.15) is 0 Å². The molecule has 0 aromatic carbocycles. The van der Waals surface area contributed by atoms with Crippen LogP contribution in [-0.4, -0.2) is 49.3 Å². The van der Waals surface area contributed by atoms with E-state index >= 15 is 0 Å². The molecule has 0 radical (unpaired) electrons. The van der Waals surface area contributed by atoms with Crippen LogP contribution >= 0.6 is 0 Å². The van der Waals surface area contributed by atoms with Crippen molar-refractivity contribution in [3.63, 3.8) is 0 Å². The Balaban J connectivity index is 1.49. The summed E-state index contributed by atoms with van der Waals surface area (Å²) in [6.07, 6.45) is 14.2. The molecule has 3 fully saturated rings. The molecule has 134 valence electrons. The molecule has 1 spiro atoms. The second kappa shape index (κ2) is 8.31. The first-order valence-electron chi connectivity index (χ1n) is 10.3. The molecule has 0 aromatic rings. The lowest BCUT2D eigenvalue weighted by Gasteiger charge is -2.54. The molecule has 23 heavy (non-hydrogen) atoms. The lowest BCUT2D eigenvalue weighted by molar-refractivity contribution is -0.0391. The van der Waals surface area contributed by atoms with E-state index in [0.717, 1.165) is 18.7 Å². The molecule has 1 aliphatic carbocycles. The molecule has 3 aliphatic rings. The Morgan fingerprint density at radius 3 is 2.70 bits per heavy atom. The van der Waals surface area contributed by atoms with E-state index in [1.165, 1.54) is 83.8 Å². The summed E-state index contributed by atoms with van der Waals surface area (Å²) in [6, 6.07) is 1.68. The van der Waals surface area contributed by atoms with Crippen LogP contribution in [0.5, 0.6) is 0 Å². The SMILES string of the molecule is CCCCC(C[C@@H]1CCCN1C1CC2(CCNCC2)C1)OCC. The molecule has 1 N–H and O–H groups in total. The molecule has 2 atom stereocenters. The normalized spacial score (nSPS) is 29.7. The van der Waals surface area contributed by atoms with Crippen molar-refractivity contribution in [1.29, 1.82) is 0 Å². The van der Waals surface area contributed by atoms with E-state index in [4.69, 9.17) is 4.74 Å². The highest BCUT2D eigenvalue weighted by Crippen LogP contribution is 2.51. The fourth-order valence-corrected chi connectivity index (χ4v) is 5.37. The molecule has 0 bridgehead atoms. The van der Waals surface area contributed by atoms with Gasteiger partial charge in [-0.25, -0.2) is 0 Å². The number of unbranched alkanes of at least 4 members (excludes halogenated alkanes) is 1. The molecule has 2 heterocycles. The number of hydrogen-bond donors (Lipinski definition) is 1. The van der Waals surface area contributed by atoms with Crippen molar-refractivity contribution in [3.05, 3.63) is 0 Å². The van der Waals surface area contributed by atoms with Crippen molar-refractivity contribution in [2.75, 3.05) is 26.2 Å². The maximum Gasteiger partial charge on any atom is 0.0589 e. The van der Waals surface area contributed by atoms with Crippen LogP contribution in [0.15, 0.2) is 0 Å². The van der Waals surface area contributed by atoms with Crippen molar-refractivity contribution in [2.24, 2.45) is 5.41 Å². The summed E-state index contributed by atoms with van der Waals surface area (Å²) >= 11 is 0. The third-order valence-corrected chi connectivity index (χ3v) is 6.71. The maximum atomic E-state index is 6.06. The van der Waals surface area contributed by atoms with E-state index in [-0.39, 0.29) is 0 Å². The van der Waals surface area contributed by atoms with Crippen molar-refractivity contribution < 1.29 is 4.74 Å². The zero-order chi connectivity index (χ0) is 16.1. The largest absolute Gasteiger partial charge is 0.378 e. The van der Waals surface area contributed by atoms with E-state index in [2.05, 4.69) is 24.1 Å². The molecule has 2 saturated heterocycles. The lowest BCUT2D eigenvalue weighted by atomic mass is 9.60. The number of hydrogen-bond acceptors (Lipinski definition) is 3. The number of piperidine rings is 1. The van der Waals surface area contributed by atoms with Gasteiger partial charge in [-0.05, 0) is 83.3 Å². The second-order valence-electron chi connectivity index (χ2n) is 8.30. The van der Waals surface area contributed by atoms with E-state index in [0.29, 0.717) is 11.5 Å². The minimum absolute atomic E-state index is 0.499. The highest BCUT2D eigenvalue weighted by Gasteiger charge is 2.48. The van der Waals surface area contributed by atoms with Gasteiger partial charge in [0.25, 0.3) is 0 Å². The summed E-state index contributed by atoms with van der Waals surface area (Å²) in [4.78, 5) is 2.88. The van der Waals surface area contributed by atoms with Gasteiger partial charge in [0, 0.05) is 18.7 Å². The number of rotatable bonds is 8. The molecular weight excluding hydrogens is 284 g/mol. The standard InChI is InChI=1S/C20H38N2O/c1-3-5-8-19(23-4-2)14-17-7-6-13-22(17)18-15-20(16-18)9-11-21-12-10-20/h17-19,21H,3-16H2,1-2H3/t17-,19?/m0/s1. The topological polar surface area (TPSA) is 24.5 Å². The fraction of sp³-hybridized carbons (Fsp3) is 1.00. The first kappa shape index (κ1) is 17.7. The molecule has 2 aliphatic heterocycles. The molecule has 1 unspecified atom stereocenters. The van der Waals surface area contributed by atoms with Crippen molar-refractivity contribution in [1.82, 2.24) is 10.2 Å². The summed E-state index contributed by atoms with van der Waals surface area (Å²) in [5.41, 5.74) is 0.713. The van der Waals surface area contributed by atoms with Gasteiger partial charge in [-0.1, -0.05) is 19.8 Å². The number of nitrogens with one attached hydrogen (secondary N) is 1. The van der Waals surface area contributed by atoms with Crippen molar-refractivity contribution in [3.8, 4) is 0 Å². The van der Waals surface area contributed by atoms with E-state index in [9.17, 15) is 0 Å². The number of likely N-dealkylation sites (tertiary alicyclic amines) is 1. The van der Waals surface area contributed by atoms with Gasteiger partial charge in [-0.15, -0.1) is 0 Å². The van der Waals surface area contributed by atoms with Gasteiger partial charge in [0.15, 0.2) is 0 Å². The maximum absolute atomic E-state index is 6.06. The first-order chi connectivity index (χ1) is 11.3. The summed E-state index contributed by atoms with van der Waals surface area (Å²) < 4.78 is 6.06. The Kier molecular flexibility index (Phi) is 6.39. The molecule has 3 heteroatoms. The fourth-order valence-electron chi connectivity index (χ4n) is 5.37. The summed E-state index contributed by atoms with van der Waals surface area (Å²) in [6.45, 7) is 9.16. The lowest BCUT2D eigenvalue weighted by Crippen LogP contribution is -2.55. The Morgan fingerprint density at radius 1 is 1.22 bits per heavy atom. The van der Waals surface area contributed by atoms with Crippen molar-refractivity contribution in [2.45, 2.75) is 96.2 Å². The highest BCUT2D eigenvalue weighted by atomic mass is 16.5. The van der Waals surface area contributed by atoms with E-state index in [1.54, 1.807) is 0 Å². The van der Waals surface area contributed by atoms with Crippen LogP contribution in [0, 0.1) is 5.41 Å². The van der Waals surface area contributed by atoms with E-state index < -0.39 is 0 Å². The van der Waals surface area contributed by atoms with E-state index in [1.807, 2.05) is 0 Å². The van der Waals surface area contributed by atoms with Gasteiger partial charge in [0.1, 0.15) is 0 Å². The van der Waals surface area contributed by atoms with Crippen LogP contribution < -0.4 is 5.32 Å². The van der Waals surface area contributed by atoms with Crippen LogP contribution in [0.3, 0.4) is 0 Å². The Labute approximate surface area is 143 Å². The highest BCUT2D eigenvalue weighted by molar-refractivity contribution is 5.03. The Hall–Kier alpha value is -0.120. The van der Waals surface area contributed by atoms with Crippen LogP contribution in [0.25, 0.3) is 0 Å². The van der Waals surface area contributed by atoms with Gasteiger partial charge >= 0.3 is 0 Å². The van der Waals surface area contributed by atoms with Gasteiger partial charge in [-0.3, -0.25) is 4.90 Å². The van der Waals surface area contributed by atoms with Crippen LogP contribution in [0.2, 0.25) is 0 Å². The Bertz CT molecular complexity index is 346. The van der Waals surface area contributed by atoms with Crippen LogP contribution in [-0.2, 0) is 4.74 Å².